The van der Waals surface area contributed by atoms with E-state index in [9.17, 15) is 0 Å². The van der Waals surface area contributed by atoms with Crippen LogP contribution in [-0.4, -0.2) is 33.8 Å². The minimum Gasteiger partial charge on any atom is -0.436 e. The van der Waals surface area contributed by atoms with Gasteiger partial charge in [0.25, 0.3) is 5.88 Å². The van der Waals surface area contributed by atoms with Crippen molar-refractivity contribution >= 4 is 17.3 Å². The fraction of sp³-hybridized carbons (Fsp3) is 0.286. The van der Waals surface area contributed by atoms with Gasteiger partial charge in [-0.25, -0.2) is 0 Å². The van der Waals surface area contributed by atoms with Gasteiger partial charge >= 0.3 is 0 Å². The highest BCUT2D eigenvalue weighted by atomic mass is 32.1. The highest BCUT2D eigenvalue weighted by Crippen LogP contribution is 2.30. The Morgan fingerprint density at radius 3 is 2.84 bits per heavy atom. The minimum atomic E-state index is 0.609. The van der Waals surface area contributed by atoms with E-state index in [0.29, 0.717) is 5.88 Å². The van der Waals surface area contributed by atoms with Crippen LogP contribution in [0, 0.1) is 0 Å². The Morgan fingerprint density at radius 1 is 1.21 bits per heavy atom. The summed E-state index contributed by atoms with van der Waals surface area (Å²) < 4.78 is 14.5. The summed E-state index contributed by atoms with van der Waals surface area (Å²) in [5, 5.41) is 0. The van der Waals surface area contributed by atoms with Crippen LogP contribution in [0.3, 0.4) is 0 Å². The first-order valence-corrected chi connectivity index (χ1v) is 6.99. The molecule has 0 fully saturated rings. The van der Waals surface area contributed by atoms with Gasteiger partial charge in [-0.3, -0.25) is 0 Å². The highest BCUT2D eigenvalue weighted by molar-refractivity contribution is 6.99. The smallest absolute Gasteiger partial charge is 0.259 e. The van der Waals surface area contributed by atoms with Gasteiger partial charge in [0.1, 0.15) is 11.4 Å². The normalized spacial score (nSPS) is 16.2. The zero-order valence-electron chi connectivity index (χ0n) is 10.7. The van der Waals surface area contributed by atoms with Crippen LogP contribution >= 0.6 is 11.7 Å². The molecule has 1 aromatic heterocycles. The van der Waals surface area contributed by atoms with Gasteiger partial charge in [0.15, 0.2) is 0 Å². The second kappa shape index (κ2) is 5.50. The lowest BCUT2D eigenvalue weighted by atomic mass is 10.1. The Balaban J connectivity index is 1.84. The van der Waals surface area contributed by atoms with E-state index < -0.39 is 0 Å². The lowest BCUT2D eigenvalue weighted by Crippen LogP contribution is -2.25. The molecule has 2 aromatic rings. The average Bonchev–Trinajstić information content (AvgIpc) is 2.88. The molecule has 3 rings (SSSR count). The van der Waals surface area contributed by atoms with E-state index in [1.54, 1.807) is 0 Å². The molecular formula is C14H15N3OS. The number of likely N-dealkylation sites (N-methyl/N-ethyl adjacent to an activating group) is 1. The highest BCUT2D eigenvalue weighted by Gasteiger charge is 2.18. The molecule has 0 radical (unpaired) electrons. The van der Waals surface area contributed by atoms with Crippen molar-refractivity contribution in [1.29, 1.82) is 0 Å². The topological polar surface area (TPSA) is 38.2 Å². The van der Waals surface area contributed by atoms with E-state index in [2.05, 4.69) is 26.8 Å². The van der Waals surface area contributed by atoms with Crippen LogP contribution in [0.2, 0.25) is 0 Å². The Hall–Kier alpha value is -1.72. The van der Waals surface area contributed by atoms with E-state index >= 15 is 0 Å². The number of aromatic nitrogens is 2. The van der Waals surface area contributed by atoms with Gasteiger partial charge in [-0.15, -0.1) is 4.37 Å². The molecule has 2 heterocycles. The number of para-hydroxylation sites is 1. The molecule has 0 spiro atoms. The Morgan fingerprint density at radius 2 is 2.05 bits per heavy atom. The van der Waals surface area contributed by atoms with Crippen LogP contribution < -0.4 is 4.74 Å². The third-order valence-electron chi connectivity index (χ3n) is 3.06. The SMILES string of the molecule is CN1CCC=C(c2nsnc2Oc2ccccc2)C1. The molecule has 0 bridgehead atoms. The van der Waals surface area contributed by atoms with Crippen LogP contribution in [-0.2, 0) is 0 Å². The summed E-state index contributed by atoms with van der Waals surface area (Å²) in [5.74, 6) is 1.40. The number of hydrogen-bond acceptors (Lipinski definition) is 5. The molecule has 0 aliphatic carbocycles. The Kier molecular flexibility index (Phi) is 3.57. The fourth-order valence-electron chi connectivity index (χ4n) is 2.11. The van der Waals surface area contributed by atoms with Crippen molar-refractivity contribution in [3.63, 3.8) is 0 Å². The first-order valence-electron chi connectivity index (χ1n) is 6.26. The largest absolute Gasteiger partial charge is 0.436 e. The zero-order valence-corrected chi connectivity index (χ0v) is 11.6. The van der Waals surface area contributed by atoms with Gasteiger partial charge in [-0.1, -0.05) is 24.3 Å². The Labute approximate surface area is 116 Å². The lowest BCUT2D eigenvalue weighted by Gasteiger charge is -2.22. The van der Waals surface area contributed by atoms with Crippen molar-refractivity contribution in [3.8, 4) is 11.6 Å². The molecule has 4 nitrogen and oxygen atoms in total. The van der Waals surface area contributed by atoms with Crippen LogP contribution in [0.1, 0.15) is 12.1 Å². The first kappa shape index (κ1) is 12.3. The van der Waals surface area contributed by atoms with Crippen molar-refractivity contribution in [3.05, 3.63) is 42.1 Å². The van der Waals surface area contributed by atoms with E-state index in [0.717, 1.165) is 31.0 Å². The maximum atomic E-state index is 5.82. The molecule has 1 aliphatic rings. The van der Waals surface area contributed by atoms with Gasteiger partial charge in [-0.05, 0) is 31.2 Å². The van der Waals surface area contributed by atoms with Gasteiger partial charge in [0.05, 0.1) is 11.7 Å². The summed E-state index contributed by atoms with van der Waals surface area (Å²) >= 11 is 1.20. The summed E-state index contributed by atoms with van der Waals surface area (Å²) in [7, 11) is 2.12. The van der Waals surface area contributed by atoms with Crippen molar-refractivity contribution < 1.29 is 4.74 Å². The third kappa shape index (κ3) is 2.83. The molecule has 19 heavy (non-hydrogen) atoms. The molecule has 98 valence electrons. The van der Waals surface area contributed by atoms with Crippen molar-refractivity contribution in [2.24, 2.45) is 0 Å². The zero-order chi connectivity index (χ0) is 13.1. The van der Waals surface area contributed by atoms with Crippen LogP contribution in [0.25, 0.3) is 5.57 Å². The van der Waals surface area contributed by atoms with Gasteiger partial charge in [0.2, 0.25) is 0 Å². The first-order chi connectivity index (χ1) is 9.33. The Bertz CT molecular complexity index is 579. The predicted octanol–water partition coefficient (Wildman–Crippen LogP) is 3.05. The third-order valence-corrected chi connectivity index (χ3v) is 3.57. The van der Waals surface area contributed by atoms with E-state index in [1.165, 1.54) is 17.3 Å². The molecular weight excluding hydrogens is 258 g/mol. The maximum Gasteiger partial charge on any atom is 0.259 e. The van der Waals surface area contributed by atoms with E-state index in [1.807, 2.05) is 30.3 Å². The molecule has 1 aliphatic heterocycles. The van der Waals surface area contributed by atoms with Gasteiger partial charge in [-0.2, -0.15) is 4.37 Å². The lowest BCUT2D eigenvalue weighted by molar-refractivity contribution is 0.371. The second-order valence-corrected chi connectivity index (χ2v) is 5.12. The summed E-state index contributed by atoms with van der Waals surface area (Å²) in [5.41, 5.74) is 2.08. The van der Waals surface area contributed by atoms with Crippen LogP contribution in [0.5, 0.6) is 11.6 Å². The molecule has 1 aromatic carbocycles. The maximum absolute atomic E-state index is 5.82. The molecule has 0 saturated carbocycles. The van der Waals surface area contributed by atoms with Crippen LogP contribution in [0.15, 0.2) is 36.4 Å². The molecule has 0 amide bonds. The average molecular weight is 273 g/mol. The summed E-state index contributed by atoms with van der Waals surface area (Å²) in [6, 6.07) is 9.70. The van der Waals surface area contributed by atoms with Gasteiger partial charge < -0.3 is 9.64 Å². The number of benzene rings is 1. The second-order valence-electron chi connectivity index (χ2n) is 4.59. The van der Waals surface area contributed by atoms with Crippen molar-refractivity contribution in [2.45, 2.75) is 6.42 Å². The summed E-state index contributed by atoms with van der Waals surface area (Å²) in [6.45, 7) is 1.99. The van der Waals surface area contributed by atoms with Crippen molar-refractivity contribution in [1.82, 2.24) is 13.6 Å². The number of hydrogen-bond donors (Lipinski definition) is 0. The fourth-order valence-corrected chi connectivity index (χ4v) is 2.62. The minimum absolute atomic E-state index is 0.609. The molecule has 0 atom stereocenters. The molecule has 0 N–H and O–H groups in total. The predicted molar refractivity (Wildman–Crippen MR) is 76.5 cm³/mol. The van der Waals surface area contributed by atoms with Crippen molar-refractivity contribution in [2.75, 3.05) is 20.1 Å². The summed E-state index contributed by atoms with van der Waals surface area (Å²) in [6.07, 6.45) is 3.28. The molecule has 0 unspecified atom stereocenters. The van der Waals surface area contributed by atoms with Gasteiger partial charge in [0, 0.05) is 13.1 Å². The van der Waals surface area contributed by atoms with E-state index in [-0.39, 0.29) is 0 Å². The number of rotatable bonds is 3. The summed E-state index contributed by atoms with van der Waals surface area (Å²) in [4.78, 5) is 2.28. The van der Waals surface area contributed by atoms with Crippen LogP contribution in [0.4, 0.5) is 0 Å². The molecule has 0 saturated heterocycles. The van der Waals surface area contributed by atoms with E-state index in [4.69, 9.17) is 4.74 Å². The number of ether oxygens (including phenoxy) is 1. The standard InChI is InChI=1S/C14H15N3OS/c1-17-9-5-6-11(10-17)13-14(16-19-15-13)18-12-7-3-2-4-8-12/h2-4,6-8H,5,9-10H2,1H3. The number of nitrogens with zero attached hydrogens (tertiary/aromatic N) is 3. The molecule has 5 heteroatoms. The quantitative estimate of drug-likeness (QED) is 0.861. The monoisotopic (exact) mass is 273 g/mol.